The molecule has 2 aliphatic rings. The molecular formula is C19H22ClN3O3. The van der Waals surface area contributed by atoms with E-state index in [9.17, 15) is 10.1 Å². The van der Waals surface area contributed by atoms with Crippen LogP contribution in [0, 0.1) is 10.1 Å². The molecule has 0 spiro atoms. The highest BCUT2D eigenvalue weighted by molar-refractivity contribution is 6.33. The van der Waals surface area contributed by atoms with Crippen LogP contribution in [0.25, 0.3) is 11.3 Å². The number of hydrogen-bond donors (Lipinski definition) is 1. The van der Waals surface area contributed by atoms with Gasteiger partial charge in [-0.2, -0.15) is 0 Å². The SMILES string of the molecule is O=[N+]([O-])c1ccc(-c2ccc(CNC3CCN(C4CC4)CC3)o2)c(Cl)c1. The number of nitro groups is 1. The number of non-ortho nitro benzene ring substituents is 1. The summed E-state index contributed by atoms with van der Waals surface area (Å²) in [6.07, 6.45) is 5.10. The molecule has 4 rings (SSSR count). The average molecular weight is 376 g/mol. The molecule has 1 aliphatic carbocycles. The Morgan fingerprint density at radius 2 is 1.96 bits per heavy atom. The zero-order chi connectivity index (χ0) is 18.1. The summed E-state index contributed by atoms with van der Waals surface area (Å²) in [6.45, 7) is 3.05. The van der Waals surface area contributed by atoms with Gasteiger partial charge in [-0.15, -0.1) is 0 Å². The number of nitro benzene ring substituents is 1. The molecule has 1 aromatic heterocycles. The number of benzene rings is 1. The first-order valence-electron chi connectivity index (χ1n) is 9.10. The van der Waals surface area contributed by atoms with Gasteiger partial charge in [-0.05, 0) is 57.0 Å². The van der Waals surface area contributed by atoms with Crippen LogP contribution in [0.1, 0.15) is 31.4 Å². The molecule has 6 nitrogen and oxygen atoms in total. The van der Waals surface area contributed by atoms with Crippen molar-refractivity contribution in [2.45, 2.75) is 44.3 Å². The van der Waals surface area contributed by atoms with Crippen LogP contribution in [0.5, 0.6) is 0 Å². The maximum Gasteiger partial charge on any atom is 0.270 e. The predicted molar refractivity (Wildman–Crippen MR) is 100 cm³/mol. The molecular weight excluding hydrogens is 354 g/mol. The number of nitrogens with one attached hydrogen (secondary N) is 1. The number of rotatable bonds is 6. The van der Waals surface area contributed by atoms with E-state index in [2.05, 4.69) is 10.2 Å². The molecule has 26 heavy (non-hydrogen) atoms. The van der Waals surface area contributed by atoms with Crippen LogP contribution in [0.15, 0.2) is 34.7 Å². The van der Waals surface area contributed by atoms with Crippen molar-refractivity contribution in [3.8, 4) is 11.3 Å². The third-order valence-corrected chi connectivity index (χ3v) is 5.56. The highest BCUT2D eigenvalue weighted by Crippen LogP contribution is 2.32. The largest absolute Gasteiger partial charge is 0.460 e. The van der Waals surface area contributed by atoms with Crippen LogP contribution in [0.4, 0.5) is 5.69 Å². The quantitative estimate of drug-likeness (QED) is 0.604. The van der Waals surface area contributed by atoms with Gasteiger partial charge in [-0.1, -0.05) is 11.6 Å². The number of furan rings is 1. The molecule has 1 saturated heterocycles. The Hall–Kier alpha value is -1.89. The standard InChI is InChI=1S/C19H22ClN3O3/c20-18-11-15(23(24)25)3-5-17(18)19-6-4-16(26-19)12-21-13-7-9-22(10-8-13)14-1-2-14/h3-6,11,13-14,21H,1-2,7-10,12H2. The molecule has 0 amide bonds. The Bertz CT molecular complexity index is 795. The molecule has 138 valence electrons. The fourth-order valence-corrected chi connectivity index (χ4v) is 3.86. The van der Waals surface area contributed by atoms with Gasteiger partial charge in [0.25, 0.3) is 5.69 Å². The van der Waals surface area contributed by atoms with E-state index in [4.69, 9.17) is 16.0 Å². The highest BCUT2D eigenvalue weighted by Gasteiger charge is 2.31. The Morgan fingerprint density at radius 3 is 2.62 bits per heavy atom. The normalized spacial score (nSPS) is 19.0. The summed E-state index contributed by atoms with van der Waals surface area (Å²) >= 11 is 6.18. The van der Waals surface area contributed by atoms with Gasteiger partial charge in [0.05, 0.1) is 16.5 Å². The number of likely N-dealkylation sites (tertiary alicyclic amines) is 1. The number of halogens is 1. The zero-order valence-electron chi connectivity index (χ0n) is 14.5. The van der Waals surface area contributed by atoms with Gasteiger partial charge >= 0.3 is 0 Å². The summed E-state index contributed by atoms with van der Waals surface area (Å²) in [5, 5.41) is 14.7. The third-order valence-electron chi connectivity index (χ3n) is 5.25. The molecule has 1 saturated carbocycles. The lowest BCUT2D eigenvalue weighted by molar-refractivity contribution is -0.384. The molecule has 1 aromatic carbocycles. The monoisotopic (exact) mass is 375 g/mol. The van der Waals surface area contributed by atoms with E-state index in [1.54, 1.807) is 6.07 Å². The zero-order valence-corrected chi connectivity index (χ0v) is 15.2. The van der Waals surface area contributed by atoms with E-state index < -0.39 is 4.92 Å². The van der Waals surface area contributed by atoms with Crippen molar-refractivity contribution in [2.75, 3.05) is 13.1 Å². The number of nitrogens with zero attached hydrogens (tertiary/aromatic N) is 2. The second-order valence-electron chi connectivity index (χ2n) is 7.11. The topological polar surface area (TPSA) is 71.6 Å². The molecule has 2 heterocycles. The number of hydrogen-bond acceptors (Lipinski definition) is 5. The summed E-state index contributed by atoms with van der Waals surface area (Å²) in [5.74, 6) is 1.48. The van der Waals surface area contributed by atoms with Crippen molar-refractivity contribution in [3.05, 3.63) is 51.2 Å². The van der Waals surface area contributed by atoms with Crippen LogP contribution < -0.4 is 5.32 Å². The Labute approximate surface area is 157 Å². The fourth-order valence-electron chi connectivity index (χ4n) is 3.59. The average Bonchev–Trinajstić information content (AvgIpc) is 3.39. The molecule has 1 aliphatic heterocycles. The molecule has 7 heteroatoms. The maximum absolute atomic E-state index is 10.8. The lowest BCUT2D eigenvalue weighted by atomic mass is 10.0. The smallest absolute Gasteiger partial charge is 0.270 e. The summed E-state index contributed by atoms with van der Waals surface area (Å²) in [4.78, 5) is 13.0. The molecule has 0 unspecified atom stereocenters. The van der Waals surface area contributed by atoms with Gasteiger partial charge in [0.2, 0.25) is 0 Å². The fraction of sp³-hybridized carbons (Fsp3) is 0.474. The Morgan fingerprint density at radius 1 is 1.19 bits per heavy atom. The molecule has 0 radical (unpaired) electrons. The molecule has 2 fully saturated rings. The lowest BCUT2D eigenvalue weighted by Gasteiger charge is -2.32. The van der Waals surface area contributed by atoms with E-state index in [1.165, 1.54) is 50.9 Å². The van der Waals surface area contributed by atoms with Crippen molar-refractivity contribution in [1.82, 2.24) is 10.2 Å². The minimum absolute atomic E-state index is 0.0234. The van der Waals surface area contributed by atoms with Crippen LogP contribution >= 0.6 is 11.6 Å². The molecule has 2 aromatic rings. The summed E-state index contributed by atoms with van der Waals surface area (Å²) < 4.78 is 5.88. The molecule has 0 atom stereocenters. The van der Waals surface area contributed by atoms with Crippen molar-refractivity contribution < 1.29 is 9.34 Å². The van der Waals surface area contributed by atoms with Crippen molar-refractivity contribution >= 4 is 17.3 Å². The molecule has 0 bridgehead atoms. The highest BCUT2D eigenvalue weighted by atomic mass is 35.5. The minimum atomic E-state index is -0.457. The van der Waals surface area contributed by atoms with Crippen molar-refractivity contribution in [2.24, 2.45) is 0 Å². The summed E-state index contributed by atoms with van der Waals surface area (Å²) in [6, 6.07) is 9.60. The van der Waals surface area contributed by atoms with Crippen molar-refractivity contribution in [1.29, 1.82) is 0 Å². The Kier molecular flexibility index (Phi) is 4.98. The van der Waals surface area contributed by atoms with E-state index in [0.29, 0.717) is 28.9 Å². The third kappa shape index (κ3) is 3.92. The summed E-state index contributed by atoms with van der Waals surface area (Å²) in [7, 11) is 0. The lowest BCUT2D eigenvalue weighted by Crippen LogP contribution is -2.43. The molecule has 1 N–H and O–H groups in total. The van der Waals surface area contributed by atoms with Gasteiger partial charge in [0.1, 0.15) is 11.5 Å². The van der Waals surface area contributed by atoms with E-state index in [1.807, 2.05) is 12.1 Å². The van der Waals surface area contributed by atoms with E-state index in [0.717, 1.165) is 11.8 Å². The van der Waals surface area contributed by atoms with Crippen LogP contribution in [-0.4, -0.2) is 35.0 Å². The van der Waals surface area contributed by atoms with Crippen LogP contribution in [-0.2, 0) is 6.54 Å². The van der Waals surface area contributed by atoms with Gasteiger partial charge in [0.15, 0.2) is 0 Å². The second kappa shape index (κ2) is 7.39. The van der Waals surface area contributed by atoms with Gasteiger partial charge in [-0.3, -0.25) is 10.1 Å². The second-order valence-corrected chi connectivity index (χ2v) is 7.52. The first-order valence-corrected chi connectivity index (χ1v) is 9.48. The van der Waals surface area contributed by atoms with Crippen LogP contribution in [0.3, 0.4) is 0 Å². The number of piperidine rings is 1. The summed E-state index contributed by atoms with van der Waals surface area (Å²) in [5.41, 5.74) is 0.644. The van der Waals surface area contributed by atoms with Crippen LogP contribution in [0.2, 0.25) is 5.02 Å². The van der Waals surface area contributed by atoms with E-state index >= 15 is 0 Å². The van der Waals surface area contributed by atoms with Gasteiger partial charge in [0, 0.05) is 29.8 Å². The maximum atomic E-state index is 10.8. The van der Waals surface area contributed by atoms with Crippen molar-refractivity contribution in [3.63, 3.8) is 0 Å². The van der Waals surface area contributed by atoms with Gasteiger partial charge < -0.3 is 14.6 Å². The predicted octanol–water partition coefficient (Wildman–Crippen LogP) is 4.22. The Balaban J connectivity index is 1.34. The minimum Gasteiger partial charge on any atom is -0.460 e. The van der Waals surface area contributed by atoms with E-state index in [-0.39, 0.29) is 5.69 Å². The first kappa shape index (κ1) is 17.5. The van der Waals surface area contributed by atoms with Gasteiger partial charge in [-0.25, -0.2) is 0 Å². The first-order chi connectivity index (χ1) is 12.6.